The third kappa shape index (κ3) is 4.73. The summed E-state index contributed by atoms with van der Waals surface area (Å²) < 4.78 is 0. The van der Waals surface area contributed by atoms with Crippen LogP contribution in [0.25, 0.3) is 0 Å². The van der Waals surface area contributed by atoms with Gasteiger partial charge in [-0.3, -0.25) is 4.79 Å². The Morgan fingerprint density at radius 2 is 1.44 bits per heavy atom. The van der Waals surface area contributed by atoms with Crippen LogP contribution in [-0.4, -0.2) is 25.0 Å². The van der Waals surface area contributed by atoms with Crippen molar-refractivity contribution in [3.8, 4) is 0 Å². The van der Waals surface area contributed by atoms with Gasteiger partial charge in [-0.15, -0.1) is 0 Å². The molecule has 0 aromatic heterocycles. The first-order valence-electron chi connectivity index (χ1n) is 8.41. The van der Waals surface area contributed by atoms with E-state index >= 15 is 0 Å². The molecule has 3 amide bonds. The molecule has 3 N–H and O–H groups in total. The predicted molar refractivity (Wildman–Crippen MR) is 101 cm³/mol. The van der Waals surface area contributed by atoms with Gasteiger partial charge in [0.1, 0.15) is 0 Å². The van der Waals surface area contributed by atoms with Crippen LogP contribution in [0, 0.1) is 0 Å². The Labute approximate surface area is 147 Å². The molecule has 0 radical (unpaired) electrons. The monoisotopic (exact) mass is 338 g/mol. The van der Waals surface area contributed by atoms with Crippen molar-refractivity contribution in [1.29, 1.82) is 0 Å². The lowest BCUT2D eigenvalue weighted by molar-refractivity contribution is -0.114. The molecular weight excluding hydrogens is 316 g/mol. The zero-order chi connectivity index (χ0) is 17.6. The summed E-state index contributed by atoms with van der Waals surface area (Å²) in [7, 11) is 0. The first-order valence-corrected chi connectivity index (χ1v) is 8.41. The molecule has 2 aromatic rings. The highest BCUT2D eigenvalue weighted by Crippen LogP contribution is 2.22. The van der Waals surface area contributed by atoms with Crippen LogP contribution in [0.1, 0.15) is 19.8 Å². The van der Waals surface area contributed by atoms with Crippen LogP contribution in [0.4, 0.5) is 27.5 Å². The normalized spacial score (nSPS) is 13.4. The molecule has 1 aliphatic heterocycles. The van der Waals surface area contributed by atoms with Gasteiger partial charge in [0.25, 0.3) is 0 Å². The molecule has 1 fully saturated rings. The van der Waals surface area contributed by atoms with Gasteiger partial charge in [-0.25, -0.2) is 4.79 Å². The first kappa shape index (κ1) is 16.8. The minimum absolute atomic E-state index is 0.153. The van der Waals surface area contributed by atoms with E-state index in [9.17, 15) is 9.59 Å². The van der Waals surface area contributed by atoms with Crippen molar-refractivity contribution < 1.29 is 9.59 Å². The number of rotatable bonds is 4. The van der Waals surface area contributed by atoms with Crippen LogP contribution in [0.2, 0.25) is 0 Å². The van der Waals surface area contributed by atoms with Crippen molar-refractivity contribution in [2.24, 2.45) is 0 Å². The van der Waals surface area contributed by atoms with E-state index < -0.39 is 0 Å². The van der Waals surface area contributed by atoms with Gasteiger partial charge in [-0.05, 0) is 55.3 Å². The van der Waals surface area contributed by atoms with Gasteiger partial charge in [0.05, 0.1) is 0 Å². The lowest BCUT2D eigenvalue weighted by Crippen LogP contribution is -2.20. The van der Waals surface area contributed by atoms with Crippen molar-refractivity contribution in [2.75, 3.05) is 33.9 Å². The maximum atomic E-state index is 12.1. The van der Waals surface area contributed by atoms with Gasteiger partial charge in [0, 0.05) is 42.8 Å². The Morgan fingerprint density at radius 1 is 0.840 bits per heavy atom. The second kappa shape index (κ2) is 7.70. The molecule has 3 rings (SSSR count). The number of nitrogens with one attached hydrogen (secondary N) is 3. The second-order valence-electron chi connectivity index (χ2n) is 6.08. The van der Waals surface area contributed by atoms with E-state index in [1.807, 2.05) is 24.3 Å². The van der Waals surface area contributed by atoms with Crippen LogP contribution in [-0.2, 0) is 4.79 Å². The highest BCUT2D eigenvalue weighted by atomic mass is 16.2. The summed E-state index contributed by atoms with van der Waals surface area (Å²) in [6.07, 6.45) is 2.47. The summed E-state index contributed by atoms with van der Waals surface area (Å²) in [5.74, 6) is -0.153. The number of hydrogen-bond donors (Lipinski definition) is 3. The number of benzene rings is 2. The van der Waals surface area contributed by atoms with E-state index in [4.69, 9.17) is 0 Å². The molecule has 1 saturated heterocycles. The lowest BCUT2D eigenvalue weighted by atomic mass is 10.2. The van der Waals surface area contributed by atoms with Crippen molar-refractivity contribution in [2.45, 2.75) is 19.8 Å². The van der Waals surface area contributed by atoms with Crippen LogP contribution >= 0.6 is 0 Å². The molecule has 0 bridgehead atoms. The zero-order valence-corrected chi connectivity index (χ0v) is 14.2. The summed E-state index contributed by atoms with van der Waals surface area (Å²) in [6, 6.07) is 14.5. The number of anilines is 4. The van der Waals surface area contributed by atoms with Crippen LogP contribution < -0.4 is 20.9 Å². The molecule has 0 spiro atoms. The molecule has 1 heterocycles. The summed E-state index contributed by atoms with van der Waals surface area (Å²) >= 11 is 0. The lowest BCUT2D eigenvalue weighted by Gasteiger charge is -2.17. The standard InChI is InChI=1S/C19H22N4O2/c1-14(24)20-16-5-4-6-17(13-16)22-19(25)21-15-7-9-18(10-8-15)23-11-2-3-12-23/h4-10,13H,2-3,11-12H2,1H3,(H,20,24)(H2,21,22,25). The summed E-state index contributed by atoms with van der Waals surface area (Å²) in [5.41, 5.74) is 3.17. The van der Waals surface area contributed by atoms with Gasteiger partial charge >= 0.3 is 6.03 Å². The third-order valence-corrected chi connectivity index (χ3v) is 4.04. The average Bonchev–Trinajstić information content (AvgIpc) is 3.09. The SMILES string of the molecule is CC(=O)Nc1cccc(NC(=O)Nc2ccc(N3CCCC3)cc2)c1. The van der Waals surface area contributed by atoms with Gasteiger partial charge in [-0.2, -0.15) is 0 Å². The van der Waals surface area contributed by atoms with Gasteiger partial charge in [0.15, 0.2) is 0 Å². The van der Waals surface area contributed by atoms with E-state index in [0.717, 1.165) is 18.8 Å². The largest absolute Gasteiger partial charge is 0.372 e. The van der Waals surface area contributed by atoms with Gasteiger partial charge in [-0.1, -0.05) is 6.07 Å². The second-order valence-corrected chi connectivity index (χ2v) is 6.08. The molecule has 130 valence electrons. The Morgan fingerprint density at radius 3 is 2.08 bits per heavy atom. The molecule has 0 saturated carbocycles. The first-order chi connectivity index (χ1) is 12.1. The smallest absolute Gasteiger partial charge is 0.323 e. The number of nitrogens with zero attached hydrogens (tertiary/aromatic N) is 1. The molecule has 0 aliphatic carbocycles. The fourth-order valence-electron chi connectivity index (χ4n) is 2.90. The Bertz CT molecular complexity index is 752. The minimum Gasteiger partial charge on any atom is -0.372 e. The van der Waals surface area contributed by atoms with E-state index in [0.29, 0.717) is 11.4 Å². The number of carbonyl (C=O) groups is 2. The Hall–Kier alpha value is -3.02. The van der Waals surface area contributed by atoms with Crippen molar-refractivity contribution in [1.82, 2.24) is 0 Å². The number of amides is 3. The molecule has 6 nitrogen and oxygen atoms in total. The highest BCUT2D eigenvalue weighted by Gasteiger charge is 2.12. The van der Waals surface area contributed by atoms with Crippen LogP contribution in [0.3, 0.4) is 0 Å². The van der Waals surface area contributed by atoms with Crippen LogP contribution in [0.15, 0.2) is 48.5 Å². The number of urea groups is 1. The summed E-state index contributed by atoms with van der Waals surface area (Å²) in [4.78, 5) is 25.6. The molecule has 6 heteroatoms. The number of carbonyl (C=O) groups excluding carboxylic acids is 2. The van der Waals surface area contributed by atoms with E-state index in [1.165, 1.54) is 25.5 Å². The summed E-state index contributed by atoms with van der Waals surface area (Å²) in [5, 5.41) is 8.26. The number of hydrogen-bond acceptors (Lipinski definition) is 3. The molecule has 0 atom stereocenters. The molecule has 0 unspecified atom stereocenters. The minimum atomic E-state index is -0.325. The van der Waals surface area contributed by atoms with Crippen LogP contribution in [0.5, 0.6) is 0 Å². The van der Waals surface area contributed by atoms with Gasteiger partial charge < -0.3 is 20.9 Å². The van der Waals surface area contributed by atoms with Crippen molar-refractivity contribution in [3.63, 3.8) is 0 Å². The Balaban J connectivity index is 1.58. The predicted octanol–water partition coefficient (Wildman–Crippen LogP) is 3.89. The quantitative estimate of drug-likeness (QED) is 0.792. The average molecular weight is 338 g/mol. The van der Waals surface area contributed by atoms with Crippen molar-refractivity contribution in [3.05, 3.63) is 48.5 Å². The van der Waals surface area contributed by atoms with E-state index in [-0.39, 0.29) is 11.9 Å². The molecular formula is C19H22N4O2. The maximum absolute atomic E-state index is 12.1. The zero-order valence-electron chi connectivity index (χ0n) is 14.2. The molecule has 25 heavy (non-hydrogen) atoms. The Kier molecular flexibility index (Phi) is 5.18. The molecule has 2 aromatic carbocycles. The van der Waals surface area contributed by atoms with E-state index in [2.05, 4.69) is 20.9 Å². The van der Waals surface area contributed by atoms with Gasteiger partial charge in [0.2, 0.25) is 5.91 Å². The molecule has 1 aliphatic rings. The topological polar surface area (TPSA) is 73.5 Å². The van der Waals surface area contributed by atoms with E-state index in [1.54, 1.807) is 24.3 Å². The van der Waals surface area contributed by atoms with Crippen molar-refractivity contribution >= 4 is 34.7 Å². The summed E-state index contributed by atoms with van der Waals surface area (Å²) in [6.45, 7) is 3.63. The fourth-order valence-corrected chi connectivity index (χ4v) is 2.90. The third-order valence-electron chi connectivity index (χ3n) is 4.04. The fraction of sp³-hybridized carbons (Fsp3) is 0.263. The highest BCUT2D eigenvalue weighted by molar-refractivity contribution is 6.00. The maximum Gasteiger partial charge on any atom is 0.323 e.